The Morgan fingerprint density at radius 1 is 0.913 bits per heavy atom. The lowest BCUT2D eigenvalue weighted by atomic mass is 10.1. The monoisotopic (exact) mass is 336 g/mol. The van der Waals surface area contributed by atoms with Gasteiger partial charge >= 0.3 is 13.4 Å². The molecule has 8 heteroatoms. The fourth-order valence-corrected chi connectivity index (χ4v) is 1.92. The van der Waals surface area contributed by atoms with E-state index in [9.17, 15) is 9.90 Å². The second kappa shape index (κ2) is 6.76. The van der Waals surface area contributed by atoms with Crippen molar-refractivity contribution < 1.29 is 28.8 Å². The van der Waals surface area contributed by atoms with Gasteiger partial charge in [0.25, 0.3) is 0 Å². The van der Waals surface area contributed by atoms with E-state index in [1.807, 2.05) is 30.3 Å². The van der Waals surface area contributed by atoms with Gasteiger partial charge in [0, 0.05) is 11.5 Å². The molecule has 0 unspecified atom stereocenters. The van der Waals surface area contributed by atoms with E-state index in [1.165, 1.54) is 6.07 Å². The molecule has 1 aromatic heterocycles. The number of benzene rings is 2. The van der Waals surface area contributed by atoms with E-state index in [-0.39, 0.29) is 5.75 Å². The van der Waals surface area contributed by atoms with E-state index in [0.29, 0.717) is 11.1 Å². The summed E-state index contributed by atoms with van der Waals surface area (Å²) < 4.78 is 14.1. The Labute approximate surface area is 130 Å². The van der Waals surface area contributed by atoms with Gasteiger partial charge in [-0.2, -0.15) is 0 Å². The zero-order chi connectivity index (χ0) is 17.0. The lowest BCUT2D eigenvalue weighted by Crippen LogP contribution is -2.02. The van der Waals surface area contributed by atoms with E-state index < -0.39 is 13.4 Å². The molecule has 3 rings (SSSR count). The summed E-state index contributed by atoms with van der Waals surface area (Å²) in [5.74, 6) is 0.0816. The van der Waals surface area contributed by atoms with Crippen molar-refractivity contribution in [3.05, 3.63) is 65.0 Å². The molecule has 4 N–H and O–H groups in total. The van der Waals surface area contributed by atoms with Crippen LogP contribution in [0.2, 0.25) is 0 Å². The maximum atomic E-state index is 11.9. The first kappa shape index (κ1) is 16.9. The SMILES string of the molecule is O=P(O)(O)O.O=c1oc2cc(O)ccc2cc1-c1ccccc1. The molecule has 0 fully saturated rings. The van der Waals surface area contributed by atoms with Crippen molar-refractivity contribution in [2.45, 2.75) is 0 Å². The third-order valence-corrected chi connectivity index (χ3v) is 2.80. The number of hydrogen-bond donors (Lipinski definition) is 4. The van der Waals surface area contributed by atoms with Crippen LogP contribution in [0.15, 0.2) is 63.8 Å². The third kappa shape index (κ3) is 5.05. The second-order valence-electron chi connectivity index (χ2n) is 4.55. The number of rotatable bonds is 1. The molecule has 1 heterocycles. The maximum absolute atomic E-state index is 11.9. The minimum atomic E-state index is -4.64. The molecule has 0 aliphatic rings. The number of hydrogen-bond acceptors (Lipinski definition) is 4. The van der Waals surface area contributed by atoms with Crippen LogP contribution in [0.25, 0.3) is 22.1 Å². The van der Waals surface area contributed by atoms with Crippen molar-refractivity contribution in [2.24, 2.45) is 0 Å². The Bertz CT molecular complexity index is 904. The van der Waals surface area contributed by atoms with Gasteiger partial charge in [-0.3, -0.25) is 0 Å². The Morgan fingerprint density at radius 3 is 2.13 bits per heavy atom. The molecule has 3 aromatic rings. The lowest BCUT2D eigenvalue weighted by Gasteiger charge is -2.02. The Morgan fingerprint density at radius 2 is 1.52 bits per heavy atom. The fourth-order valence-electron chi connectivity index (χ4n) is 1.92. The molecule has 7 nitrogen and oxygen atoms in total. The van der Waals surface area contributed by atoms with Gasteiger partial charge in [-0.15, -0.1) is 0 Å². The van der Waals surface area contributed by atoms with Gasteiger partial charge in [0.2, 0.25) is 0 Å². The highest BCUT2D eigenvalue weighted by molar-refractivity contribution is 7.45. The molecular formula is C15H13O7P. The molecule has 2 aromatic carbocycles. The van der Waals surface area contributed by atoms with Crippen LogP contribution in [-0.4, -0.2) is 19.8 Å². The highest BCUT2D eigenvalue weighted by Crippen LogP contribution is 2.26. The normalized spacial score (nSPS) is 10.9. The molecule has 0 amide bonds. The molecule has 0 saturated carbocycles. The second-order valence-corrected chi connectivity index (χ2v) is 5.58. The van der Waals surface area contributed by atoms with Crippen LogP contribution in [0, 0.1) is 0 Å². The van der Waals surface area contributed by atoms with Crippen molar-refractivity contribution in [1.82, 2.24) is 0 Å². The molecule has 0 aliphatic heterocycles. The van der Waals surface area contributed by atoms with E-state index in [0.717, 1.165) is 10.9 Å². The molecule has 23 heavy (non-hydrogen) atoms. The van der Waals surface area contributed by atoms with Gasteiger partial charge in [0.1, 0.15) is 11.3 Å². The van der Waals surface area contributed by atoms with Gasteiger partial charge in [-0.25, -0.2) is 9.36 Å². The van der Waals surface area contributed by atoms with Crippen molar-refractivity contribution >= 4 is 18.8 Å². The average molecular weight is 336 g/mol. The zero-order valence-corrected chi connectivity index (χ0v) is 12.6. The molecular weight excluding hydrogens is 323 g/mol. The van der Waals surface area contributed by atoms with Crippen LogP contribution in [-0.2, 0) is 4.57 Å². The van der Waals surface area contributed by atoms with Crippen LogP contribution in [0.4, 0.5) is 0 Å². The van der Waals surface area contributed by atoms with Crippen molar-refractivity contribution in [3.63, 3.8) is 0 Å². The van der Waals surface area contributed by atoms with Crippen LogP contribution >= 0.6 is 7.82 Å². The predicted octanol–water partition coefficient (Wildman–Crippen LogP) is 2.24. The maximum Gasteiger partial charge on any atom is 0.466 e. The van der Waals surface area contributed by atoms with Crippen molar-refractivity contribution in [2.75, 3.05) is 0 Å². The first-order valence-corrected chi connectivity index (χ1v) is 7.91. The van der Waals surface area contributed by atoms with E-state index in [4.69, 9.17) is 23.7 Å². The van der Waals surface area contributed by atoms with Gasteiger partial charge in [-0.05, 0) is 23.8 Å². The molecule has 0 atom stereocenters. The summed E-state index contributed by atoms with van der Waals surface area (Å²) in [7, 11) is -4.64. The van der Waals surface area contributed by atoms with Crippen molar-refractivity contribution in [1.29, 1.82) is 0 Å². The quantitative estimate of drug-likeness (QED) is 0.396. The van der Waals surface area contributed by atoms with Gasteiger partial charge in [-0.1, -0.05) is 30.3 Å². The minimum absolute atomic E-state index is 0.0816. The van der Waals surface area contributed by atoms with Crippen LogP contribution in [0.1, 0.15) is 0 Å². The standard InChI is InChI=1S/C15H10O3.H3O4P/c16-12-7-6-11-8-13(10-4-2-1-3-5-10)15(17)18-14(11)9-12;1-5(2,3)4/h1-9,16H;(H3,1,2,3,4). The average Bonchev–Trinajstić information content (AvgIpc) is 2.45. The largest absolute Gasteiger partial charge is 0.508 e. The summed E-state index contributed by atoms with van der Waals surface area (Å²) in [5, 5.41) is 10.1. The molecule has 0 aliphatic carbocycles. The summed E-state index contributed by atoms with van der Waals surface area (Å²) in [6, 6.07) is 15.9. The smallest absolute Gasteiger partial charge is 0.466 e. The zero-order valence-electron chi connectivity index (χ0n) is 11.7. The first-order chi connectivity index (χ1) is 10.7. The Balaban J connectivity index is 0.000000338. The van der Waals surface area contributed by atoms with Crippen LogP contribution in [0.3, 0.4) is 0 Å². The molecule has 0 spiro atoms. The Hall–Kier alpha value is -2.44. The topological polar surface area (TPSA) is 128 Å². The van der Waals surface area contributed by atoms with Crippen LogP contribution in [0.5, 0.6) is 5.75 Å². The van der Waals surface area contributed by atoms with Crippen molar-refractivity contribution in [3.8, 4) is 16.9 Å². The van der Waals surface area contributed by atoms with E-state index >= 15 is 0 Å². The van der Waals surface area contributed by atoms with Gasteiger partial charge < -0.3 is 24.2 Å². The minimum Gasteiger partial charge on any atom is -0.508 e. The van der Waals surface area contributed by atoms with E-state index in [1.54, 1.807) is 18.2 Å². The number of aromatic hydroxyl groups is 1. The molecule has 0 bridgehead atoms. The predicted molar refractivity (Wildman–Crippen MR) is 83.8 cm³/mol. The van der Waals surface area contributed by atoms with E-state index in [2.05, 4.69) is 0 Å². The fraction of sp³-hybridized carbons (Fsp3) is 0. The summed E-state index contributed by atoms with van der Waals surface area (Å²) in [6.45, 7) is 0. The molecule has 0 saturated heterocycles. The number of fused-ring (bicyclic) bond motifs is 1. The summed E-state index contributed by atoms with van der Waals surface area (Å²) >= 11 is 0. The molecule has 120 valence electrons. The van der Waals surface area contributed by atoms with Gasteiger partial charge in [0.15, 0.2) is 0 Å². The lowest BCUT2D eigenvalue weighted by molar-refractivity contribution is 0.275. The highest BCUT2D eigenvalue weighted by atomic mass is 31.2. The summed E-state index contributed by atoms with van der Waals surface area (Å²) in [6.07, 6.45) is 0. The third-order valence-electron chi connectivity index (χ3n) is 2.80. The summed E-state index contributed by atoms with van der Waals surface area (Å²) in [4.78, 5) is 33.5. The van der Waals surface area contributed by atoms with Gasteiger partial charge in [0.05, 0.1) is 5.56 Å². The number of phenolic OH excluding ortho intramolecular Hbond substituents is 1. The number of phosphoric acid groups is 1. The van der Waals surface area contributed by atoms with Crippen LogP contribution < -0.4 is 5.63 Å². The Kier molecular flexibility index (Phi) is 4.98. The highest BCUT2D eigenvalue weighted by Gasteiger charge is 2.07. The summed E-state index contributed by atoms with van der Waals surface area (Å²) in [5.41, 5.74) is 1.33. The molecule has 0 radical (unpaired) electrons. The first-order valence-electron chi connectivity index (χ1n) is 6.34. The number of phenols is 1.